The van der Waals surface area contributed by atoms with Crippen LogP contribution in [0.5, 0.6) is 5.75 Å². The number of fused-ring (bicyclic) bond motifs is 1. The number of aromatic hydroxyl groups is 1. The molecule has 8 N–H and O–H groups in total. The Balaban J connectivity index is 0.000000638. The minimum atomic E-state index is -5.08. The number of carboxylic acids is 2. The molecule has 0 aliphatic rings. The van der Waals surface area contributed by atoms with Crippen LogP contribution < -0.4 is 16.4 Å². The molecule has 0 unspecified atom stereocenters. The van der Waals surface area contributed by atoms with E-state index in [1.54, 1.807) is 18.3 Å². The number of alkyl halides is 3. The van der Waals surface area contributed by atoms with E-state index in [1.807, 2.05) is 24.3 Å². The number of benzene rings is 2. The first kappa shape index (κ1) is 29.6. The number of nitrogens with two attached hydrogens (primary N) is 1. The topological polar surface area (TPSA) is 195 Å². The summed E-state index contributed by atoms with van der Waals surface area (Å²) in [5.74, 6) is -5.05. The van der Waals surface area contributed by atoms with Crippen molar-refractivity contribution in [2.24, 2.45) is 5.73 Å². The highest BCUT2D eigenvalue weighted by molar-refractivity contribution is 5.90. The van der Waals surface area contributed by atoms with Crippen LogP contribution in [0.4, 0.5) is 13.2 Å². The lowest BCUT2D eigenvalue weighted by atomic mass is 10.0. The van der Waals surface area contributed by atoms with E-state index >= 15 is 0 Å². The Kier molecular flexibility index (Phi) is 10.2. The van der Waals surface area contributed by atoms with Crippen molar-refractivity contribution in [1.29, 1.82) is 0 Å². The van der Waals surface area contributed by atoms with Gasteiger partial charge in [0, 0.05) is 23.5 Å². The number of carboxylic acid groups (broad SMARTS) is 2. The van der Waals surface area contributed by atoms with Gasteiger partial charge in [-0.25, -0.2) is 9.59 Å². The quantitative estimate of drug-likeness (QED) is 0.212. The first-order chi connectivity index (χ1) is 17.8. The molecule has 3 rings (SSSR count). The van der Waals surface area contributed by atoms with E-state index in [4.69, 9.17) is 15.6 Å². The fourth-order valence-corrected chi connectivity index (χ4v) is 3.24. The molecule has 0 aliphatic heterocycles. The Hall–Kier alpha value is -4.59. The van der Waals surface area contributed by atoms with Gasteiger partial charge in [0.25, 0.3) is 0 Å². The number of para-hydroxylation sites is 1. The maximum Gasteiger partial charge on any atom is 0.490 e. The van der Waals surface area contributed by atoms with Crippen molar-refractivity contribution in [2.75, 3.05) is 6.54 Å². The summed E-state index contributed by atoms with van der Waals surface area (Å²) in [6.45, 7) is -0.389. The smallest absolute Gasteiger partial charge is 0.490 e. The van der Waals surface area contributed by atoms with Crippen molar-refractivity contribution >= 4 is 34.7 Å². The van der Waals surface area contributed by atoms with Crippen LogP contribution in [-0.2, 0) is 32.0 Å². The first-order valence-electron chi connectivity index (χ1n) is 11.0. The van der Waals surface area contributed by atoms with E-state index in [2.05, 4.69) is 15.6 Å². The van der Waals surface area contributed by atoms with Crippen LogP contribution in [0.15, 0.2) is 54.7 Å². The number of aromatic nitrogens is 1. The van der Waals surface area contributed by atoms with Crippen molar-refractivity contribution in [1.82, 2.24) is 15.6 Å². The standard InChI is InChI=1S/C22H24N4O5.C2HF3O2/c23-17(10-14-11-24-18-4-2-1-3-16(14)18)21(29)25-12-20(28)26-19(22(30)31)9-13-5-7-15(27)8-6-13;3-2(4,5)1(6)7/h1-8,11,17,19,24,27H,9-10,12,23H2,(H,25,29)(H,26,28)(H,30,31);(H,6,7)/t17-,19-;/m0./s1. The van der Waals surface area contributed by atoms with Gasteiger partial charge in [0.05, 0.1) is 12.6 Å². The molecule has 2 atom stereocenters. The third-order valence-corrected chi connectivity index (χ3v) is 5.13. The Morgan fingerprint density at radius 2 is 1.58 bits per heavy atom. The molecule has 1 heterocycles. The van der Waals surface area contributed by atoms with Crippen LogP contribution in [0.25, 0.3) is 10.9 Å². The van der Waals surface area contributed by atoms with Crippen LogP contribution in [0, 0.1) is 0 Å². The number of rotatable bonds is 9. The van der Waals surface area contributed by atoms with Crippen molar-refractivity contribution in [3.8, 4) is 5.75 Å². The molecule has 0 aliphatic carbocycles. The van der Waals surface area contributed by atoms with E-state index < -0.39 is 42.0 Å². The Bertz CT molecular complexity index is 1280. The summed E-state index contributed by atoms with van der Waals surface area (Å²) >= 11 is 0. The van der Waals surface area contributed by atoms with Gasteiger partial charge in [-0.05, 0) is 35.7 Å². The number of aromatic amines is 1. The van der Waals surface area contributed by atoms with Crippen molar-refractivity contribution in [3.05, 3.63) is 65.9 Å². The molecule has 0 spiro atoms. The van der Waals surface area contributed by atoms with E-state index in [1.165, 1.54) is 12.1 Å². The summed E-state index contributed by atoms with van der Waals surface area (Å²) in [5, 5.41) is 31.6. The maximum absolute atomic E-state index is 12.3. The second kappa shape index (κ2) is 13.1. The van der Waals surface area contributed by atoms with Crippen molar-refractivity contribution < 1.29 is 47.7 Å². The van der Waals surface area contributed by atoms with Crippen LogP contribution in [0.2, 0.25) is 0 Å². The van der Waals surface area contributed by atoms with Crippen molar-refractivity contribution in [3.63, 3.8) is 0 Å². The number of phenols is 1. The lowest BCUT2D eigenvalue weighted by Gasteiger charge is -2.16. The number of H-pyrrole nitrogens is 1. The fraction of sp³-hybridized carbons (Fsp3) is 0.250. The molecule has 0 saturated carbocycles. The average Bonchev–Trinajstić information content (AvgIpc) is 3.26. The Morgan fingerprint density at radius 3 is 2.16 bits per heavy atom. The number of amides is 2. The summed E-state index contributed by atoms with van der Waals surface area (Å²) in [5.41, 5.74) is 8.45. The number of carbonyl (C=O) groups is 4. The Labute approximate surface area is 213 Å². The summed E-state index contributed by atoms with van der Waals surface area (Å²) in [6.07, 6.45) is -2.96. The second-order valence-electron chi connectivity index (χ2n) is 8.02. The third-order valence-electron chi connectivity index (χ3n) is 5.13. The fourth-order valence-electron chi connectivity index (χ4n) is 3.24. The summed E-state index contributed by atoms with van der Waals surface area (Å²) in [7, 11) is 0. The van der Waals surface area contributed by atoms with Gasteiger partial charge >= 0.3 is 18.1 Å². The zero-order valence-electron chi connectivity index (χ0n) is 19.7. The normalized spacial score (nSPS) is 12.5. The zero-order valence-corrected chi connectivity index (χ0v) is 19.7. The SMILES string of the molecule is N[C@@H](Cc1c[nH]c2ccccc12)C(=O)NCC(=O)N[C@@H](Cc1ccc(O)cc1)C(=O)O.O=C(O)C(F)(F)F. The minimum absolute atomic E-state index is 0.0371. The number of hydrogen-bond acceptors (Lipinski definition) is 6. The highest BCUT2D eigenvalue weighted by Gasteiger charge is 2.38. The van der Waals surface area contributed by atoms with E-state index in [0.29, 0.717) is 5.56 Å². The lowest BCUT2D eigenvalue weighted by Crippen LogP contribution is -2.49. The van der Waals surface area contributed by atoms with Gasteiger partial charge in [-0.15, -0.1) is 0 Å². The molecule has 2 amide bonds. The maximum atomic E-state index is 12.3. The minimum Gasteiger partial charge on any atom is -0.508 e. The molecule has 3 aromatic rings. The lowest BCUT2D eigenvalue weighted by molar-refractivity contribution is -0.192. The van der Waals surface area contributed by atoms with Gasteiger partial charge in [-0.3, -0.25) is 9.59 Å². The van der Waals surface area contributed by atoms with Crippen LogP contribution in [0.1, 0.15) is 11.1 Å². The summed E-state index contributed by atoms with van der Waals surface area (Å²) in [4.78, 5) is 47.9. The summed E-state index contributed by atoms with van der Waals surface area (Å²) < 4.78 is 31.7. The number of phenolic OH excluding ortho intramolecular Hbond substituents is 1. The van der Waals surface area contributed by atoms with Gasteiger partial charge < -0.3 is 36.7 Å². The van der Waals surface area contributed by atoms with Gasteiger partial charge in [0.15, 0.2) is 0 Å². The van der Waals surface area contributed by atoms with Gasteiger partial charge in [-0.2, -0.15) is 13.2 Å². The predicted octanol–water partition coefficient (Wildman–Crippen LogP) is 1.30. The molecule has 0 bridgehead atoms. The molecule has 14 heteroatoms. The largest absolute Gasteiger partial charge is 0.508 e. The van der Waals surface area contributed by atoms with Gasteiger partial charge in [0.1, 0.15) is 11.8 Å². The average molecular weight is 538 g/mol. The molecule has 0 radical (unpaired) electrons. The van der Waals surface area contributed by atoms with Gasteiger partial charge in [-0.1, -0.05) is 30.3 Å². The van der Waals surface area contributed by atoms with Crippen LogP contribution in [0.3, 0.4) is 0 Å². The number of carbonyl (C=O) groups excluding carboxylic acids is 2. The highest BCUT2D eigenvalue weighted by atomic mass is 19.4. The summed E-state index contributed by atoms with van der Waals surface area (Å²) in [6, 6.07) is 11.6. The first-order valence-corrected chi connectivity index (χ1v) is 11.0. The number of hydrogen-bond donors (Lipinski definition) is 7. The van der Waals surface area contributed by atoms with Crippen LogP contribution >= 0.6 is 0 Å². The molecule has 38 heavy (non-hydrogen) atoms. The van der Waals surface area contributed by atoms with Crippen molar-refractivity contribution in [2.45, 2.75) is 31.1 Å². The van der Waals surface area contributed by atoms with E-state index in [0.717, 1.165) is 16.5 Å². The molecular formula is C24H25F3N4O7. The van der Waals surface area contributed by atoms with E-state index in [-0.39, 0.29) is 25.1 Å². The highest BCUT2D eigenvalue weighted by Crippen LogP contribution is 2.18. The molecule has 2 aromatic carbocycles. The number of aliphatic carboxylic acids is 2. The number of halogens is 3. The van der Waals surface area contributed by atoms with Crippen LogP contribution in [-0.4, -0.2) is 68.9 Å². The molecule has 0 fully saturated rings. The molecule has 204 valence electrons. The molecule has 1 aromatic heterocycles. The molecular weight excluding hydrogens is 513 g/mol. The molecule has 0 saturated heterocycles. The predicted molar refractivity (Wildman–Crippen MR) is 128 cm³/mol. The monoisotopic (exact) mass is 538 g/mol. The second-order valence-corrected chi connectivity index (χ2v) is 8.02. The number of nitrogens with one attached hydrogen (secondary N) is 3. The van der Waals surface area contributed by atoms with Gasteiger partial charge in [0.2, 0.25) is 11.8 Å². The molecule has 11 nitrogen and oxygen atoms in total. The van der Waals surface area contributed by atoms with E-state index in [9.17, 15) is 37.8 Å². The Morgan fingerprint density at radius 1 is 0.974 bits per heavy atom. The third kappa shape index (κ3) is 9.13. The zero-order chi connectivity index (χ0) is 28.5.